The van der Waals surface area contributed by atoms with E-state index in [1.54, 1.807) is 0 Å². The highest BCUT2D eigenvalue weighted by atomic mass is 79.9. The molecular formula is C13H18BrN. The van der Waals surface area contributed by atoms with Crippen LogP contribution in [0.15, 0.2) is 28.7 Å². The molecule has 0 amide bonds. The number of benzene rings is 1. The third-order valence-electron chi connectivity index (χ3n) is 2.98. The van der Waals surface area contributed by atoms with Gasteiger partial charge in [0.15, 0.2) is 0 Å². The van der Waals surface area contributed by atoms with Gasteiger partial charge in [-0.1, -0.05) is 41.9 Å². The molecule has 15 heavy (non-hydrogen) atoms. The van der Waals surface area contributed by atoms with E-state index in [-0.39, 0.29) is 5.54 Å². The standard InChI is InChI=1S/C13H18BrN/c1-10(2)9-15-13(6-7-13)11-4-3-5-12(14)8-11/h3-5,8,10,15H,6-7,9H2,1-2H3. The fourth-order valence-corrected chi connectivity index (χ4v) is 2.28. The lowest BCUT2D eigenvalue weighted by atomic mass is 10.0. The molecule has 1 aromatic carbocycles. The highest BCUT2D eigenvalue weighted by Gasteiger charge is 2.43. The zero-order chi connectivity index (χ0) is 10.9. The molecular weight excluding hydrogens is 250 g/mol. The fourth-order valence-electron chi connectivity index (χ4n) is 1.88. The molecule has 0 heterocycles. The lowest BCUT2D eigenvalue weighted by Gasteiger charge is -2.19. The van der Waals surface area contributed by atoms with Gasteiger partial charge >= 0.3 is 0 Å². The molecule has 2 heteroatoms. The Morgan fingerprint density at radius 3 is 2.67 bits per heavy atom. The van der Waals surface area contributed by atoms with Gasteiger partial charge in [-0.05, 0) is 43.0 Å². The molecule has 1 fully saturated rings. The summed E-state index contributed by atoms with van der Waals surface area (Å²) >= 11 is 3.53. The zero-order valence-corrected chi connectivity index (χ0v) is 11.0. The van der Waals surface area contributed by atoms with E-state index in [4.69, 9.17) is 0 Å². The third-order valence-corrected chi connectivity index (χ3v) is 3.47. The largest absolute Gasteiger partial charge is 0.307 e. The van der Waals surface area contributed by atoms with Crippen molar-refractivity contribution in [2.45, 2.75) is 32.2 Å². The smallest absolute Gasteiger partial charge is 0.0436 e. The first kappa shape index (κ1) is 11.2. The van der Waals surface area contributed by atoms with Gasteiger partial charge in [-0.15, -0.1) is 0 Å². The molecule has 0 radical (unpaired) electrons. The van der Waals surface area contributed by atoms with E-state index in [1.165, 1.54) is 22.9 Å². The van der Waals surface area contributed by atoms with Crippen LogP contribution in [0.25, 0.3) is 0 Å². The van der Waals surface area contributed by atoms with E-state index < -0.39 is 0 Å². The summed E-state index contributed by atoms with van der Waals surface area (Å²) in [6.07, 6.45) is 2.55. The van der Waals surface area contributed by atoms with Gasteiger partial charge in [0, 0.05) is 10.0 Å². The monoisotopic (exact) mass is 267 g/mol. The van der Waals surface area contributed by atoms with Gasteiger partial charge in [0.25, 0.3) is 0 Å². The SMILES string of the molecule is CC(C)CNC1(c2cccc(Br)c2)CC1. The first-order valence-corrected chi connectivity index (χ1v) is 6.43. The van der Waals surface area contributed by atoms with Crippen LogP contribution in [0.4, 0.5) is 0 Å². The summed E-state index contributed by atoms with van der Waals surface area (Å²) in [6.45, 7) is 5.61. The number of halogens is 1. The second-order valence-corrected chi connectivity index (χ2v) is 5.78. The van der Waals surface area contributed by atoms with Gasteiger partial charge in [0.2, 0.25) is 0 Å². The first-order chi connectivity index (χ1) is 7.12. The minimum Gasteiger partial charge on any atom is -0.307 e. The summed E-state index contributed by atoms with van der Waals surface area (Å²) in [5.41, 5.74) is 1.71. The molecule has 0 saturated heterocycles. The van der Waals surface area contributed by atoms with Crippen LogP contribution in [0.2, 0.25) is 0 Å². The number of nitrogens with one attached hydrogen (secondary N) is 1. The Bertz CT molecular complexity index is 342. The van der Waals surface area contributed by atoms with Crippen LogP contribution in [0.1, 0.15) is 32.3 Å². The molecule has 0 spiro atoms. The van der Waals surface area contributed by atoms with E-state index >= 15 is 0 Å². The molecule has 2 rings (SSSR count). The number of rotatable bonds is 4. The Kier molecular flexibility index (Phi) is 3.17. The predicted octanol–water partition coefficient (Wildman–Crippen LogP) is 3.68. The molecule has 82 valence electrons. The van der Waals surface area contributed by atoms with Gasteiger partial charge in [0.05, 0.1) is 0 Å². The topological polar surface area (TPSA) is 12.0 Å². The van der Waals surface area contributed by atoms with Crippen molar-refractivity contribution in [2.75, 3.05) is 6.54 Å². The summed E-state index contributed by atoms with van der Waals surface area (Å²) in [6, 6.07) is 8.67. The Morgan fingerprint density at radius 1 is 1.40 bits per heavy atom. The summed E-state index contributed by atoms with van der Waals surface area (Å²) in [5, 5.41) is 3.69. The van der Waals surface area contributed by atoms with E-state index in [2.05, 4.69) is 59.4 Å². The van der Waals surface area contributed by atoms with E-state index in [9.17, 15) is 0 Å². The lowest BCUT2D eigenvalue weighted by Crippen LogP contribution is -2.32. The van der Waals surface area contributed by atoms with E-state index in [0.29, 0.717) is 0 Å². The molecule has 1 N–H and O–H groups in total. The summed E-state index contributed by atoms with van der Waals surface area (Å²) in [7, 11) is 0. The minimum atomic E-state index is 0.286. The second-order valence-electron chi connectivity index (χ2n) is 4.87. The van der Waals surface area contributed by atoms with Crippen LogP contribution in [-0.2, 0) is 5.54 Å². The van der Waals surface area contributed by atoms with Crippen molar-refractivity contribution in [2.24, 2.45) is 5.92 Å². The number of hydrogen-bond donors (Lipinski definition) is 1. The molecule has 0 atom stereocenters. The first-order valence-electron chi connectivity index (χ1n) is 5.63. The van der Waals surface area contributed by atoms with Crippen molar-refractivity contribution in [1.82, 2.24) is 5.32 Å². The van der Waals surface area contributed by atoms with Gasteiger partial charge in [-0.2, -0.15) is 0 Å². The Balaban J connectivity index is 2.09. The molecule has 0 unspecified atom stereocenters. The van der Waals surface area contributed by atoms with Crippen LogP contribution in [-0.4, -0.2) is 6.54 Å². The molecule has 1 aromatic rings. The van der Waals surface area contributed by atoms with Crippen LogP contribution >= 0.6 is 15.9 Å². The van der Waals surface area contributed by atoms with Crippen LogP contribution in [0.5, 0.6) is 0 Å². The minimum absolute atomic E-state index is 0.286. The Labute approximate surface area is 100 Å². The van der Waals surface area contributed by atoms with Crippen LogP contribution in [0, 0.1) is 5.92 Å². The van der Waals surface area contributed by atoms with Gasteiger partial charge in [-0.25, -0.2) is 0 Å². The zero-order valence-electron chi connectivity index (χ0n) is 9.39. The van der Waals surface area contributed by atoms with Crippen molar-refractivity contribution in [1.29, 1.82) is 0 Å². The van der Waals surface area contributed by atoms with Crippen molar-refractivity contribution in [3.63, 3.8) is 0 Å². The third kappa shape index (κ3) is 2.61. The summed E-state index contributed by atoms with van der Waals surface area (Å²) in [4.78, 5) is 0. The maximum Gasteiger partial charge on any atom is 0.0436 e. The molecule has 0 aliphatic heterocycles. The van der Waals surface area contributed by atoms with Crippen LogP contribution in [0.3, 0.4) is 0 Å². The average Bonchev–Trinajstić information content (AvgIpc) is 2.96. The highest BCUT2D eigenvalue weighted by molar-refractivity contribution is 9.10. The second kappa shape index (κ2) is 4.26. The van der Waals surface area contributed by atoms with E-state index in [0.717, 1.165) is 12.5 Å². The van der Waals surface area contributed by atoms with Crippen molar-refractivity contribution in [3.05, 3.63) is 34.3 Å². The Morgan fingerprint density at radius 2 is 2.13 bits per heavy atom. The predicted molar refractivity (Wildman–Crippen MR) is 67.9 cm³/mol. The van der Waals surface area contributed by atoms with Gasteiger partial charge in [0.1, 0.15) is 0 Å². The Hall–Kier alpha value is -0.340. The lowest BCUT2D eigenvalue weighted by molar-refractivity contribution is 0.460. The van der Waals surface area contributed by atoms with Crippen LogP contribution < -0.4 is 5.32 Å². The van der Waals surface area contributed by atoms with Gasteiger partial charge in [-0.3, -0.25) is 0 Å². The van der Waals surface area contributed by atoms with Crippen molar-refractivity contribution >= 4 is 15.9 Å². The quantitative estimate of drug-likeness (QED) is 0.878. The normalized spacial score (nSPS) is 18.1. The van der Waals surface area contributed by atoms with Crippen molar-refractivity contribution < 1.29 is 0 Å². The fraction of sp³-hybridized carbons (Fsp3) is 0.538. The molecule has 1 aliphatic carbocycles. The van der Waals surface area contributed by atoms with E-state index in [1.807, 2.05) is 0 Å². The number of hydrogen-bond acceptors (Lipinski definition) is 1. The van der Waals surface area contributed by atoms with Crippen molar-refractivity contribution in [3.8, 4) is 0 Å². The average molecular weight is 268 g/mol. The molecule has 1 aliphatic rings. The summed E-state index contributed by atoms with van der Waals surface area (Å²) < 4.78 is 1.18. The molecule has 1 nitrogen and oxygen atoms in total. The van der Waals surface area contributed by atoms with Gasteiger partial charge < -0.3 is 5.32 Å². The molecule has 1 saturated carbocycles. The maximum atomic E-state index is 3.69. The molecule has 0 aromatic heterocycles. The highest BCUT2D eigenvalue weighted by Crippen LogP contribution is 2.45. The summed E-state index contributed by atoms with van der Waals surface area (Å²) in [5.74, 6) is 0.717. The maximum absolute atomic E-state index is 3.69. The molecule has 0 bridgehead atoms.